The van der Waals surface area contributed by atoms with E-state index in [2.05, 4.69) is 4.98 Å². The first-order valence-electron chi connectivity index (χ1n) is 6.18. The molecule has 1 N–H and O–H groups in total. The molecule has 104 valence electrons. The molecule has 0 unspecified atom stereocenters. The van der Waals surface area contributed by atoms with Crippen LogP contribution in [0, 0.1) is 0 Å². The van der Waals surface area contributed by atoms with Crippen molar-refractivity contribution in [2.24, 2.45) is 0 Å². The van der Waals surface area contributed by atoms with Gasteiger partial charge in [0, 0.05) is 12.4 Å². The Morgan fingerprint density at radius 1 is 1.15 bits per heavy atom. The Morgan fingerprint density at radius 3 is 2.60 bits per heavy atom. The molecule has 0 saturated carbocycles. The van der Waals surface area contributed by atoms with E-state index in [4.69, 9.17) is 14.6 Å². The molecule has 0 amide bonds. The second-order valence-electron chi connectivity index (χ2n) is 4.09. The van der Waals surface area contributed by atoms with Crippen molar-refractivity contribution in [2.75, 3.05) is 13.2 Å². The zero-order chi connectivity index (χ0) is 14.2. The standard InChI is InChI=1S/C15H15NO4/c17-15(18)13-3-5-14(6-4-13)20-9-8-19-11-12-2-1-7-16-10-12/h1-7,10H,8-9,11H2,(H,17,18). The summed E-state index contributed by atoms with van der Waals surface area (Å²) in [7, 11) is 0. The molecule has 0 aliphatic heterocycles. The number of carboxylic acids is 1. The number of ether oxygens (including phenoxy) is 2. The van der Waals surface area contributed by atoms with Gasteiger partial charge in [0.1, 0.15) is 12.4 Å². The van der Waals surface area contributed by atoms with E-state index in [1.165, 1.54) is 12.1 Å². The third kappa shape index (κ3) is 4.37. The van der Waals surface area contributed by atoms with Crippen molar-refractivity contribution in [3.63, 3.8) is 0 Å². The number of pyridine rings is 1. The van der Waals surface area contributed by atoms with Gasteiger partial charge in [-0.15, -0.1) is 0 Å². The Kier molecular flexibility index (Phi) is 5.08. The lowest BCUT2D eigenvalue weighted by Crippen LogP contribution is -2.07. The first kappa shape index (κ1) is 14.0. The Bertz CT molecular complexity index is 540. The van der Waals surface area contributed by atoms with Gasteiger partial charge < -0.3 is 14.6 Å². The number of nitrogens with zero attached hydrogens (tertiary/aromatic N) is 1. The fourth-order valence-corrected chi connectivity index (χ4v) is 1.59. The van der Waals surface area contributed by atoms with Crippen molar-refractivity contribution in [3.8, 4) is 5.75 Å². The molecule has 0 spiro atoms. The monoisotopic (exact) mass is 273 g/mol. The average molecular weight is 273 g/mol. The average Bonchev–Trinajstić information content (AvgIpc) is 2.48. The highest BCUT2D eigenvalue weighted by Gasteiger charge is 2.01. The molecular weight excluding hydrogens is 258 g/mol. The smallest absolute Gasteiger partial charge is 0.335 e. The minimum Gasteiger partial charge on any atom is -0.491 e. The third-order valence-corrected chi connectivity index (χ3v) is 2.59. The number of aromatic nitrogens is 1. The molecule has 1 aromatic carbocycles. The SMILES string of the molecule is O=C(O)c1ccc(OCCOCc2cccnc2)cc1. The van der Waals surface area contributed by atoms with E-state index >= 15 is 0 Å². The largest absolute Gasteiger partial charge is 0.491 e. The highest BCUT2D eigenvalue weighted by Crippen LogP contribution is 2.12. The van der Waals surface area contributed by atoms with E-state index in [9.17, 15) is 4.79 Å². The quantitative estimate of drug-likeness (QED) is 0.784. The fourth-order valence-electron chi connectivity index (χ4n) is 1.59. The van der Waals surface area contributed by atoms with Gasteiger partial charge in [-0.1, -0.05) is 6.07 Å². The Morgan fingerprint density at radius 2 is 1.95 bits per heavy atom. The predicted octanol–water partition coefficient (Wildman–Crippen LogP) is 2.38. The maximum Gasteiger partial charge on any atom is 0.335 e. The van der Waals surface area contributed by atoms with Crippen LogP contribution >= 0.6 is 0 Å². The van der Waals surface area contributed by atoms with Crippen molar-refractivity contribution in [1.29, 1.82) is 0 Å². The lowest BCUT2D eigenvalue weighted by Gasteiger charge is -2.07. The summed E-state index contributed by atoms with van der Waals surface area (Å²) in [6.07, 6.45) is 3.47. The van der Waals surface area contributed by atoms with Crippen LogP contribution in [0.15, 0.2) is 48.8 Å². The van der Waals surface area contributed by atoms with E-state index in [-0.39, 0.29) is 5.56 Å². The summed E-state index contributed by atoms with van der Waals surface area (Å²) >= 11 is 0. The van der Waals surface area contributed by atoms with Crippen molar-refractivity contribution >= 4 is 5.97 Å². The maximum absolute atomic E-state index is 10.7. The summed E-state index contributed by atoms with van der Waals surface area (Å²) in [4.78, 5) is 14.7. The highest BCUT2D eigenvalue weighted by molar-refractivity contribution is 5.87. The second-order valence-corrected chi connectivity index (χ2v) is 4.09. The minimum absolute atomic E-state index is 0.241. The molecule has 1 aromatic heterocycles. The topological polar surface area (TPSA) is 68.7 Å². The van der Waals surface area contributed by atoms with Crippen LogP contribution in [0.3, 0.4) is 0 Å². The number of carbonyl (C=O) groups is 1. The predicted molar refractivity (Wildman–Crippen MR) is 72.8 cm³/mol. The number of benzene rings is 1. The molecule has 5 nitrogen and oxygen atoms in total. The first-order chi connectivity index (χ1) is 9.75. The summed E-state index contributed by atoms with van der Waals surface area (Å²) < 4.78 is 10.9. The van der Waals surface area contributed by atoms with E-state index < -0.39 is 5.97 Å². The Balaban J connectivity index is 1.67. The zero-order valence-corrected chi connectivity index (χ0v) is 10.9. The number of carboxylic acid groups (broad SMARTS) is 1. The van der Waals surface area contributed by atoms with E-state index in [1.807, 2.05) is 12.1 Å². The van der Waals surface area contributed by atoms with E-state index in [0.29, 0.717) is 25.6 Å². The molecule has 0 radical (unpaired) electrons. The van der Waals surface area contributed by atoms with Crippen LogP contribution in [0.1, 0.15) is 15.9 Å². The number of hydrogen-bond donors (Lipinski definition) is 1. The molecule has 0 bridgehead atoms. The normalized spacial score (nSPS) is 10.2. The van der Waals surface area contributed by atoms with Crippen LogP contribution in [-0.2, 0) is 11.3 Å². The summed E-state index contributed by atoms with van der Waals surface area (Å²) in [5.41, 5.74) is 1.25. The van der Waals surface area contributed by atoms with Crippen LogP contribution in [0.5, 0.6) is 5.75 Å². The van der Waals surface area contributed by atoms with Gasteiger partial charge in [0.15, 0.2) is 0 Å². The highest BCUT2D eigenvalue weighted by atomic mass is 16.5. The van der Waals surface area contributed by atoms with Crippen molar-refractivity contribution in [2.45, 2.75) is 6.61 Å². The summed E-state index contributed by atoms with van der Waals surface area (Å²) in [6.45, 7) is 1.36. The Hall–Kier alpha value is -2.40. The van der Waals surface area contributed by atoms with Crippen LogP contribution in [0.4, 0.5) is 0 Å². The maximum atomic E-state index is 10.7. The fraction of sp³-hybridized carbons (Fsp3) is 0.200. The van der Waals surface area contributed by atoms with Crippen LogP contribution in [0.25, 0.3) is 0 Å². The lowest BCUT2D eigenvalue weighted by atomic mass is 10.2. The molecule has 0 aliphatic carbocycles. The van der Waals surface area contributed by atoms with Crippen molar-refractivity contribution in [3.05, 3.63) is 59.9 Å². The molecular formula is C15H15NO4. The minimum atomic E-state index is -0.948. The first-order valence-corrected chi connectivity index (χ1v) is 6.18. The molecule has 0 saturated heterocycles. The van der Waals surface area contributed by atoms with Gasteiger partial charge in [-0.3, -0.25) is 4.98 Å². The van der Waals surface area contributed by atoms with Gasteiger partial charge in [0.2, 0.25) is 0 Å². The number of aromatic carboxylic acids is 1. The van der Waals surface area contributed by atoms with Crippen LogP contribution in [0.2, 0.25) is 0 Å². The van der Waals surface area contributed by atoms with Gasteiger partial charge in [-0.2, -0.15) is 0 Å². The molecule has 0 fully saturated rings. The molecule has 0 aliphatic rings. The third-order valence-electron chi connectivity index (χ3n) is 2.59. The zero-order valence-electron chi connectivity index (χ0n) is 10.9. The number of hydrogen-bond acceptors (Lipinski definition) is 4. The summed E-state index contributed by atoms with van der Waals surface area (Å²) in [6, 6.07) is 10.1. The molecule has 2 rings (SSSR count). The lowest BCUT2D eigenvalue weighted by molar-refractivity contribution is 0.0696. The molecule has 5 heteroatoms. The van der Waals surface area contributed by atoms with Crippen molar-refractivity contribution in [1.82, 2.24) is 4.98 Å². The second kappa shape index (κ2) is 7.25. The molecule has 2 aromatic rings. The van der Waals surface area contributed by atoms with Gasteiger partial charge in [0.05, 0.1) is 18.8 Å². The van der Waals surface area contributed by atoms with Gasteiger partial charge >= 0.3 is 5.97 Å². The number of rotatable bonds is 7. The Labute approximate surface area is 116 Å². The van der Waals surface area contributed by atoms with Crippen molar-refractivity contribution < 1.29 is 19.4 Å². The molecule has 20 heavy (non-hydrogen) atoms. The van der Waals surface area contributed by atoms with E-state index in [1.54, 1.807) is 24.5 Å². The van der Waals surface area contributed by atoms with Crippen LogP contribution in [-0.4, -0.2) is 29.3 Å². The summed E-state index contributed by atoms with van der Waals surface area (Å²) in [5.74, 6) is -0.323. The van der Waals surface area contributed by atoms with Crippen LogP contribution < -0.4 is 4.74 Å². The van der Waals surface area contributed by atoms with Gasteiger partial charge in [-0.05, 0) is 35.9 Å². The van der Waals surface area contributed by atoms with Gasteiger partial charge in [-0.25, -0.2) is 4.79 Å². The molecule has 1 heterocycles. The molecule has 0 atom stereocenters. The summed E-state index contributed by atoms with van der Waals surface area (Å²) in [5, 5.41) is 8.76. The van der Waals surface area contributed by atoms with E-state index in [0.717, 1.165) is 5.56 Å². The van der Waals surface area contributed by atoms with Gasteiger partial charge in [0.25, 0.3) is 0 Å².